The van der Waals surface area contributed by atoms with E-state index in [9.17, 15) is 14.4 Å². The lowest BCUT2D eigenvalue weighted by Gasteiger charge is -2.32. The molecule has 1 N–H and O–H groups in total. The van der Waals surface area contributed by atoms with Gasteiger partial charge in [0.05, 0.1) is 7.11 Å². The second kappa shape index (κ2) is 10.5. The Kier molecular flexibility index (Phi) is 8.39. The van der Waals surface area contributed by atoms with Crippen molar-refractivity contribution in [2.45, 2.75) is 77.2 Å². The van der Waals surface area contributed by atoms with Crippen LogP contribution in [0, 0.1) is 11.8 Å². The number of carbonyl (C=O) groups is 3. The van der Waals surface area contributed by atoms with Gasteiger partial charge in [0.15, 0.2) is 0 Å². The molecule has 0 spiro atoms. The fourth-order valence-electron chi connectivity index (χ4n) is 4.17. The Hall–Kier alpha value is -1.59. The monoisotopic (exact) mass is 366 g/mol. The quantitative estimate of drug-likeness (QED) is 0.703. The van der Waals surface area contributed by atoms with Crippen LogP contribution in [0.25, 0.3) is 0 Å². The Morgan fingerprint density at radius 1 is 1.08 bits per heavy atom. The van der Waals surface area contributed by atoms with E-state index in [1.165, 1.54) is 26.4 Å². The first-order valence-corrected chi connectivity index (χ1v) is 10.2. The SMILES string of the molecule is CCCC(=O)N1CCC(C(=O)NC(CC2CCCCC2)C(=O)OC)CC1. The molecule has 1 aliphatic carbocycles. The molecule has 2 aliphatic rings. The molecule has 0 bridgehead atoms. The molecule has 2 amide bonds. The minimum atomic E-state index is -0.546. The lowest BCUT2D eigenvalue weighted by Crippen LogP contribution is -2.48. The summed E-state index contributed by atoms with van der Waals surface area (Å²) >= 11 is 0. The average molecular weight is 367 g/mol. The van der Waals surface area contributed by atoms with Crippen LogP contribution in [0.1, 0.15) is 71.1 Å². The molecule has 2 fully saturated rings. The van der Waals surface area contributed by atoms with Crippen molar-refractivity contribution >= 4 is 17.8 Å². The number of nitrogens with zero attached hydrogens (tertiary/aromatic N) is 1. The molecule has 6 heteroatoms. The minimum absolute atomic E-state index is 0.0706. The third-order valence-electron chi connectivity index (χ3n) is 5.78. The Bertz CT molecular complexity index is 480. The van der Waals surface area contributed by atoms with E-state index in [-0.39, 0.29) is 23.7 Å². The maximum atomic E-state index is 12.7. The first kappa shape index (κ1) is 20.7. The topological polar surface area (TPSA) is 75.7 Å². The normalized spacial score (nSPS) is 20.5. The van der Waals surface area contributed by atoms with Crippen LogP contribution in [-0.4, -0.2) is 48.9 Å². The maximum absolute atomic E-state index is 12.7. The van der Waals surface area contributed by atoms with E-state index in [4.69, 9.17) is 4.74 Å². The smallest absolute Gasteiger partial charge is 0.328 e. The third kappa shape index (κ3) is 5.99. The molecule has 148 valence electrons. The number of hydrogen-bond donors (Lipinski definition) is 1. The first-order valence-electron chi connectivity index (χ1n) is 10.2. The van der Waals surface area contributed by atoms with Crippen LogP contribution < -0.4 is 5.32 Å². The predicted octanol–water partition coefficient (Wildman–Crippen LogP) is 2.65. The van der Waals surface area contributed by atoms with Crippen LogP contribution in [0.3, 0.4) is 0 Å². The standard InChI is InChI=1S/C20H34N2O4/c1-3-7-18(23)22-12-10-16(11-13-22)19(24)21-17(20(25)26-2)14-15-8-5-4-6-9-15/h15-17H,3-14H2,1-2H3,(H,21,24). The van der Waals surface area contributed by atoms with Crippen molar-refractivity contribution in [3.8, 4) is 0 Å². The number of piperidine rings is 1. The zero-order valence-electron chi connectivity index (χ0n) is 16.3. The Labute approximate surface area is 157 Å². The lowest BCUT2D eigenvalue weighted by molar-refractivity contribution is -0.146. The van der Waals surface area contributed by atoms with Gasteiger partial charge in [-0.15, -0.1) is 0 Å². The summed E-state index contributed by atoms with van der Waals surface area (Å²) in [6.07, 6.45) is 9.35. The third-order valence-corrected chi connectivity index (χ3v) is 5.78. The molecule has 6 nitrogen and oxygen atoms in total. The highest BCUT2D eigenvalue weighted by Gasteiger charge is 2.31. The van der Waals surface area contributed by atoms with Crippen LogP contribution in [0.2, 0.25) is 0 Å². The van der Waals surface area contributed by atoms with Crippen molar-refractivity contribution in [1.29, 1.82) is 0 Å². The second-order valence-corrected chi connectivity index (χ2v) is 7.73. The molecule has 26 heavy (non-hydrogen) atoms. The van der Waals surface area contributed by atoms with Crippen LogP contribution in [0.5, 0.6) is 0 Å². The number of esters is 1. The van der Waals surface area contributed by atoms with E-state index in [1.807, 2.05) is 11.8 Å². The molecule has 1 saturated heterocycles. The molecule has 0 radical (unpaired) electrons. The van der Waals surface area contributed by atoms with Crippen LogP contribution in [-0.2, 0) is 19.1 Å². The second-order valence-electron chi connectivity index (χ2n) is 7.73. The van der Waals surface area contributed by atoms with Crippen LogP contribution >= 0.6 is 0 Å². The number of ether oxygens (including phenoxy) is 1. The van der Waals surface area contributed by atoms with Crippen molar-refractivity contribution in [2.24, 2.45) is 11.8 Å². The van der Waals surface area contributed by atoms with Gasteiger partial charge in [0.2, 0.25) is 11.8 Å². The fraction of sp³-hybridized carbons (Fsp3) is 0.850. The van der Waals surface area contributed by atoms with Gasteiger partial charge in [0.1, 0.15) is 6.04 Å². The highest BCUT2D eigenvalue weighted by molar-refractivity contribution is 5.86. The molecular formula is C20H34N2O4. The molecule has 1 heterocycles. The average Bonchev–Trinajstić information content (AvgIpc) is 2.68. The number of nitrogens with one attached hydrogen (secondary N) is 1. The fourth-order valence-corrected chi connectivity index (χ4v) is 4.17. The van der Waals surface area contributed by atoms with Gasteiger partial charge in [-0.05, 0) is 31.6 Å². The Balaban J connectivity index is 1.84. The van der Waals surface area contributed by atoms with E-state index in [0.717, 1.165) is 19.3 Å². The Morgan fingerprint density at radius 2 is 1.73 bits per heavy atom. The van der Waals surface area contributed by atoms with Gasteiger partial charge < -0.3 is 15.0 Å². The van der Waals surface area contributed by atoms with Crippen molar-refractivity contribution in [1.82, 2.24) is 10.2 Å². The number of hydrogen-bond acceptors (Lipinski definition) is 4. The van der Waals surface area contributed by atoms with Crippen LogP contribution in [0.4, 0.5) is 0 Å². The summed E-state index contributed by atoms with van der Waals surface area (Å²) in [6.45, 7) is 3.25. The van der Waals surface area contributed by atoms with Gasteiger partial charge in [-0.1, -0.05) is 39.0 Å². The number of likely N-dealkylation sites (tertiary alicyclic amines) is 1. The highest BCUT2D eigenvalue weighted by atomic mass is 16.5. The summed E-state index contributed by atoms with van der Waals surface area (Å²) in [5.74, 6) is 0.121. The van der Waals surface area contributed by atoms with Gasteiger partial charge in [-0.2, -0.15) is 0 Å². The zero-order valence-corrected chi connectivity index (χ0v) is 16.3. The maximum Gasteiger partial charge on any atom is 0.328 e. The summed E-state index contributed by atoms with van der Waals surface area (Å²) in [6, 6.07) is -0.546. The van der Waals surface area contributed by atoms with Crippen molar-refractivity contribution in [2.75, 3.05) is 20.2 Å². The van der Waals surface area contributed by atoms with E-state index >= 15 is 0 Å². The number of rotatable bonds is 7. The summed E-state index contributed by atoms with van der Waals surface area (Å²) in [4.78, 5) is 38.6. The summed E-state index contributed by atoms with van der Waals surface area (Å²) in [7, 11) is 1.38. The Morgan fingerprint density at radius 3 is 2.31 bits per heavy atom. The van der Waals surface area contributed by atoms with Crippen LogP contribution in [0.15, 0.2) is 0 Å². The van der Waals surface area contributed by atoms with E-state index in [2.05, 4.69) is 5.32 Å². The summed E-state index contributed by atoms with van der Waals surface area (Å²) in [5, 5.41) is 2.94. The lowest BCUT2D eigenvalue weighted by atomic mass is 9.84. The molecule has 0 aromatic carbocycles. The van der Waals surface area contributed by atoms with Gasteiger partial charge >= 0.3 is 5.97 Å². The van der Waals surface area contributed by atoms with Gasteiger partial charge in [0.25, 0.3) is 0 Å². The molecule has 1 aliphatic heterocycles. The molecular weight excluding hydrogens is 332 g/mol. The largest absolute Gasteiger partial charge is 0.467 e. The zero-order chi connectivity index (χ0) is 18.9. The molecule has 2 rings (SSSR count). The molecule has 0 aromatic rings. The summed E-state index contributed by atoms with van der Waals surface area (Å²) < 4.78 is 4.91. The van der Waals surface area contributed by atoms with Crippen molar-refractivity contribution in [3.05, 3.63) is 0 Å². The van der Waals surface area contributed by atoms with E-state index in [0.29, 0.717) is 44.7 Å². The van der Waals surface area contributed by atoms with Gasteiger partial charge in [-0.25, -0.2) is 4.79 Å². The highest BCUT2D eigenvalue weighted by Crippen LogP contribution is 2.28. The number of amides is 2. The van der Waals surface area contributed by atoms with E-state index in [1.54, 1.807) is 0 Å². The van der Waals surface area contributed by atoms with Gasteiger partial charge in [-0.3, -0.25) is 9.59 Å². The molecule has 1 atom stereocenters. The minimum Gasteiger partial charge on any atom is -0.467 e. The van der Waals surface area contributed by atoms with E-state index < -0.39 is 6.04 Å². The molecule has 1 saturated carbocycles. The summed E-state index contributed by atoms with van der Waals surface area (Å²) in [5.41, 5.74) is 0. The van der Waals surface area contributed by atoms with Crippen molar-refractivity contribution < 1.29 is 19.1 Å². The first-order chi connectivity index (χ1) is 12.5. The number of carbonyl (C=O) groups excluding carboxylic acids is 3. The van der Waals surface area contributed by atoms with Crippen molar-refractivity contribution in [3.63, 3.8) is 0 Å². The predicted molar refractivity (Wildman–Crippen MR) is 99.4 cm³/mol. The number of methoxy groups -OCH3 is 1. The molecule has 1 unspecified atom stereocenters. The van der Waals surface area contributed by atoms with Gasteiger partial charge in [0, 0.05) is 25.4 Å². The molecule has 0 aromatic heterocycles.